The first-order chi connectivity index (χ1) is 16.2. The molecule has 0 heterocycles. The van der Waals surface area contributed by atoms with Crippen LogP contribution >= 0.6 is 11.6 Å². The number of halogens is 4. The lowest BCUT2D eigenvalue weighted by Gasteiger charge is -2.23. The molecule has 8 nitrogen and oxygen atoms in total. The number of nitriles is 1. The molecule has 1 aromatic rings. The fourth-order valence-electron chi connectivity index (χ4n) is 3.70. The second-order valence-corrected chi connectivity index (χ2v) is 11.9. The number of carbonyl (C=O) groups is 2. The Kier molecular flexibility index (Phi) is 7.35. The van der Waals surface area contributed by atoms with Crippen LogP contribution in [0.25, 0.3) is 0 Å². The van der Waals surface area contributed by atoms with Crippen LogP contribution in [0.5, 0.6) is 0 Å². The molecule has 35 heavy (non-hydrogen) atoms. The fourth-order valence-corrected chi connectivity index (χ4v) is 5.87. The number of benzene rings is 1. The molecule has 192 valence electrons. The van der Waals surface area contributed by atoms with Crippen LogP contribution in [0.4, 0.5) is 18.9 Å². The van der Waals surface area contributed by atoms with E-state index in [1.165, 1.54) is 18.2 Å². The summed E-state index contributed by atoms with van der Waals surface area (Å²) in [5.41, 5.74) is -2.82. The third-order valence-corrected chi connectivity index (χ3v) is 9.10. The molecule has 2 aliphatic rings. The van der Waals surface area contributed by atoms with Crippen molar-refractivity contribution in [2.75, 3.05) is 25.5 Å². The Hall–Kier alpha value is -2.52. The molecule has 2 aliphatic carbocycles. The smallest absolute Gasteiger partial charge is 0.378 e. The molecular weight excluding hydrogens is 509 g/mol. The monoisotopic (exact) mass is 534 g/mol. The summed E-state index contributed by atoms with van der Waals surface area (Å²) in [6.07, 6.45) is -5.10. The average Bonchev–Trinajstić information content (AvgIpc) is 3.67. The maximum absolute atomic E-state index is 13.4. The first-order valence-corrected chi connectivity index (χ1v) is 12.9. The van der Waals surface area contributed by atoms with Gasteiger partial charge in [-0.25, -0.2) is 8.42 Å². The van der Waals surface area contributed by atoms with E-state index in [-0.39, 0.29) is 35.6 Å². The molecule has 2 fully saturated rings. The van der Waals surface area contributed by atoms with Crippen LogP contribution in [0.15, 0.2) is 23.1 Å². The molecular formula is C22H26ClF3N4O4S. The second-order valence-electron chi connectivity index (χ2n) is 9.25. The molecule has 2 N–H and O–H groups in total. The van der Waals surface area contributed by atoms with E-state index in [0.29, 0.717) is 18.5 Å². The highest BCUT2D eigenvalue weighted by molar-refractivity contribution is 7.92. The Morgan fingerprint density at radius 3 is 2.31 bits per heavy atom. The highest BCUT2D eigenvalue weighted by atomic mass is 35.5. The Morgan fingerprint density at radius 1 is 1.23 bits per heavy atom. The highest BCUT2D eigenvalue weighted by Gasteiger charge is 2.68. The van der Waals surface area contributed by atoms with Gasteiger partial charge in [0.2, 0.25) is 11.8 Å². The molecule has 3 rings (SSSR count). The molecule has 0 bridgehead atoms. The van der Waals surface area contributed by atoms with E-state index < -0.39 is 50.6 Å². The van der Waals surface area contributed by atoms with Gasteiger partial charge in [-0.1, -0.05) is 11.6 Å². The van der Waals surface area contributed by atoms with Crippen molar-refractivity contribution >= 4 is 38.9 Å². The first kappa shape index (κ1) is 27.1. The van der Waals surface area contributed by atoms with E-state index in [9.17, 15) is 31.2 Å². The number of hydrogen-bond acceptors (Lipinski definition) is 6. The third-order valence-electron chi connectivity index (χ3n) is 6.43. The van der Waals surface area contributed by atoms with E-state index in [1.54, 1.807) is 19.0 Å². The summed E-state index contributed by atoms with van der Waals surface area (Å²) in [5.74, 6) is -1.84. The third kappa shape index (κ3) is 5.67. The fraction of sp³-hybridized carbons (Fsp3) is 0.591. The zero-order chi connectivity index (χ0) is 26.2. The Bertz CT molecular complexity index is 1160. The van der Waals surface area contributed by atoms with Crippen molar-refractivity contribution in [1.82, 2.24) is 10.6 Å². The zero-order valence-corrected chi connectivity index (χ0v) is 20.8. The van der Waals surface area contributed by atoms with Gasteiger partial charge in [0, 0.05) is 32.7 Å². The van der Waals surface area contributed by atoms with Crippen LogP contribution in [-0.4, -0.2) is 57.8 Å². The van der Waals surface area contributed by atoms with Crippen LogP contribution in [0.2, 0.25) is 5.02 Å². The number of sulfone groups is 1. The van der Waals surface area contributed by atoms with Gasteiger partial charge in [0.1, 0.15) is 11.0 Å². The number of alkyl halides is 3. The van der Waals surface area contributed by atoms with E-state index >= 15 is 0 Å². The summed E-state index contributed by atoms with van der Waals surface area (Å²) in [5, 5.41) is 12.3. The molecule has 2 amide bonds. The van der Waals surface area contributed by atoms with E-state index in [0.717, 1.165) is 0 Å². The molecule has 1 aromatic carbocycles. The predicted octanol–water partition coefficient (Wildman–Crippen LogP) is 2.96. The Balaban J connectivity index is 1.80. The van der Waals surface area contributed by atoms with Gasteiger partial charge in [0.05, 0.1) is 21.2 Å². The van der Waals surface area contributed by atoms with Crippen LogP contribution in [0, 0.1) is 16.7 Å². The molecule has 0 saturated heterocycles. The Labute approximate surface area is 206 Å². The van der Waals surface area contributed by atoms with Crippen molar-refractivity contribution in [2.24, 2.45) is 5.41 Å². The summed E-state index contributed by atoms with van der Waals surface area (Å²) < 4.78 is 66.7. The molecule has 0 aromatic heterocycles. The summed E-state index contributed by atoms with van der Waals surface area (Å²) in [4.78, 5) is 26.1. The van der Waals surface area contributed by atoms with Gasteiger partial charge in [-0.2, -0.15) is 18.4 Å². The zero-order valence-electron chi connectivity index (χ0n) is 19.2. The Morgan fingerprint density at radius 2 is 1.86 bits per heavy atom. The molecule has 0 aliphatic heterocycles. The summed E-state index contributed by atoms with van der Waals surface area (Å²) in [6, 6.07) is 6.23. The van der Waals surface area contributed by atoms with Gasteiger partial charge in [-0.3, -0.25) is 9.59 Å². The SMILES string of the molecule is CN(C)c1ccc(S(=O)(=O)C(CCC(=O)NC2(C#N)CC2)CNC(=O)C2(C(F)(F)F)CC2)c(Cl)c1. The minimum Gasteiger partial charge on any atom is -0.378 e. The molecule has 2 saturated carbocycles. The molecule has 13 heteroatoms. The predicted molar refractivity (Wildman–Crippen MR) is 122 cm³/mol. The summed E-state index contributed by atoms with van der Waals surface area (Å²) >= 11 is 6.23. The highest BCUT2D eigenvalue weighted by Crippen LogP contribution is 2.57. The van der Waals surface area contributed by atoms with Gasteiger partial charge in [-0.05, 0) is 50.3 Å². The van der Waals surface area contributed by atoms with E-state index in [2.05, 4.69) is 10.6 Å². The number of amides is 2. The second kappa shape index (κ2) is 9.50. The van der Waals surface area contributed by atoms with Gasteiger partial charge < -0.3 is 15.5 Å². The number of rotatable bonds is 10. The van der Waals surface area contributed by atoms with Gasteiger partial charge in [0.15, 0.2) is 9.84 Å². The van der Waals surface area contributed by atoms with Crippen LogP contribution in [0.3, 0.4) is 0 Å². The number of nitrogens with zero attached hydrogens (tertiary/aromatic N) is 2. The molecule has 0 radical (unpaired) electrons. The molecule has 1 unspecified atom stereocenters. The minimum absolute atomic E-state index is 0.0904. The lowest BCUT2D eigenvalue weighted by molar-refractivity contribution is -0.192. The van der Waals surface area contributed by atoms with E-state index in [4.69, 9.17) is 16.9 Å². The maximum Gasteiger partial charge on any atom is 0.403 e. The lowest BCUT2D eigenvalue weighted by atomic mass is 10.1. The van der Waals surface area contributed by atoms with Crippen LogP contribution in [-0.2, 0) is 19.4 Å². The standard InChI is InChI=1S/C22H26ClF3N4O4S/c1-30(2)14-3-5-17(16(23)11-14)35(33,34)15(4-6-18(31)29-20(13-27)7-8-20)12-28-19(32)21(9-10-21)22(24,25)26/h3,5,11,15H,4,6-10,12H2,1-2H3,(H,28,32)(H,29,31). The number of carbonyl (C=O) groups excluding carboxylic acids is 2. The minimum atomic E-state index is -4.74. The average molecular weight is 535 g/mol. The van der Waals surface area contributed by atoms with Crippen molar-refractivity contribution in [2.45, 2.75) is 60.4 Å². The summed E-state index contributed by atoms with van der Waals surface area (Å²) in [7, 11) is -0.781. The topological polar surface area (TPSA) is 119 Å². The van der Waals surface area contributed by atoms with Gasteiger partial charge in [-0.15, -0.1) is 0 Å². The van der Waals surface area contributed by atoms with Crippen molar-refractivity contribution in [3.63, 3.8) is 0 Å². The number of hydrogen-bond donors (Lipinski definition) is 2. The molecule has 1 atom stereocenters. The van der Waals surface area contributed by atoms with E-state index in [1.807, 2.05) is 6.07 Å². The quantitative estimate of drug-likeness (QED) is 0.476. The lowest BCUT2D eigenvalue weighted by Crippen LogP contribution is -2.45. The van der Waals surface area contributed by atoms with Crippen LogP contribution < -0.4 is 15.5 Å². The van der Waals surface area contributed by atoms with Crippen molar-refractivity contribution < 1.29 is 31.2 Å². The molecule has 0 spiro atoms. The largest absolute Gasteiger partial charge is 0.403 e. The maximum atomic E-state index is 13.4. The van der Waals surface area contributed by atoms with Gasteiger partial charge >= 0.3 is 6.18 Å². The number of nitrogens with one attached hydrogen (secondary N) is 2. The number of anilines is 1. The van der Waals surface area contributed by atoms with Gasteiger partial charge in [0.25, 0.3) is 0 Å². The van der Waals surface area contributed by atoms with Crippen molar-refractivity contribution in [1.29, 1.82) is 5.26 Å². The van der Waals surface area contributed by atoms with Crippen LogP contribution in [0.1, 0.15) is 38.5 Å². The summed E-state index contributed by atoms with van der Waals surface area (Å²) in [6.45, 7) is -0.624. The normalized spacial score (nSPS) is 18.7. The first-order valence-electron chi connectivity index (χ1n) is 11.0. The van der Waals surface area contributed by atoms with Crippen molar-refractivity contribution in [3.8, 4) is 6.07 Å². The van der Waals surface area contributed by atoms with Crippen molar-refractivity contribution in [3.05, 3.63) is 23.2 Å².